The number of halogens is 1. The molecular formula is C19H15ClN4. The minimum absolute atomic E-state index is 0.625. The Morgan fingerprint density at radius 1 is 1.21 bits per heavy atom. The van der Waals surface area contributed by atoms with Crippen molar-refractivity contribution in [3.8, 4) is 6.07 Å². The van der Waals surface area contributed by atoms with Crippen molar-refractivity contribution in [2.75, 3.05) is 0 Å². The van der Waals surface area contributed by atoms with Gasteiger partial charge in [0, 0.05) is 18.0 Å². The van der Waals surface area contributed by atoms with Gasteiger partial charge in [-0.25, -0.2) is 4.98 Å². The van der Waals surface area contributed by atoms with E-state index in [0.717, 1.165) is 32.8 Å². The highest BCUT2D eigenvalue weighted by Crippen LogP contribution is 2.32. The van der Waals surface area contributed by atoms with Crippen LogP contribution in [0.4, 0.5) is 0 Å². The Kier molecular flexibility index (Phi) is 3.33. The van der Waals surface area contributed by atoms with E-state index in [9.17, 15) is 0 Å². The molecule has 2 heterocycles. The Morgan fingerprint density at radius 2 is 2.04 bits per heavy atom. The normalized spacial score (nSPS) is 11.2. The van der Waals surface area contributed by atoms with Gasteiger partial charge < -0.3 is 9.97 Å². The van der Waals surface area contributed by atoms with E-state index in [0.29, 0.717) is 12.0 Å². The van der Waals surface area contributed by atoms with E-state index in [-0.39, 0.29) is 0 Å². The zero-order valence-electron chi connectivity index (χ0n) is 13.4. The molecule has 0 fully saturated rings. The SMILES string of the molecule is Cc1cc(C)c2[nH]cc(Cl)c2c1Cc1nc2ccc(C#N)cc2[nH]1. The van der Waals surface area contributed by atoms with E-state index < -0.39 is 0 Å². The number of nitrogens with one attached hydrogen (secondary N) is 2. The number of aromatic nitrogens is 3. The highest BCUT2D eigenvalue weighted by atomic mass is 35.5. The number of imidazole rings is 1. The Balaban J connectivity index is 1.85. The van der Waals surface area contributed by atoms with Crippen LogP contribution in [0.1, 0.15) is 28.1 Å². The summed E-state index contributed by atoms with van der Waals surface area (Å²) in [5.41, 5.74) is 6.99. The molecule has 0 saturated carbocycles. The molecule has 118 valence electrons. The predicted octanol–water partition coefficient (Wildman–Crippen LogP) is 4.78. The van der Waals surface area contributed by atoms with Crippen molar-refractivity contribution in [1.29, 1.82) is 5.26 Å². The molecule has 2 aromatic carbocycles. The largest absolute Gasteiger partial charge is 0.360 e. The van der Waals surface area contributed by atoms with Crippen molar-refractivity contribution in [3.05, 3.63) is 63.6 Å². The molecule has 0 unspecified atom stereocenters. The number of benzene rings is 2. The summed E-state index contributed by atoms with van der Waals surface area (Å²) in [5, 5.41) is 10.8. The van der Waals surface area contributed by atoms with Gasteiger partial charge in [0.2, 0.25) is 0 Å². The molecule has 4 rings (SSSR count). The number of aromatic amines is 2. The van der Waals surface area contributed by atoms with E-state index in [4.69, 9.17) is 16.9 Å². The van der Waals surface area contributed by atoms with Crippen LogP contribution in [0.3, 0.4) is 0 Å². The summed E-state index contributed by atoms with van der Waals surface area (Å²) in [6.07, 6.45) is 2.50. The van der Waals surface area contributed by atoms with E-state index in [1.807, 2.05) is 18.3 Å². The third-order valence-corrected chi connectivity index (χ3v) is 4.74. The molecule has 0 aliphatic carbocycles. The molecule has 0 atom stereocenters. The molecule has 0 radical (unpaired) electrons. The van der Waals surface area contributed by atoms with Gasteiger partial charge in [-0.05, 0) is 48.7 Å². The molecule has 5 heteroatoms. The van der Waals surface area contributed by atoms with Gasteiger partial charge in [0.05, 0.1) is 33.2 Å². The summed E-state index contributed by atoms with van der Waals surface area (Å²) in [4.78, 5) is 11.2. The van der Waals surface area contributed by atoms with Crippen molar-refractivity contribution < 1.29 is 0 Å². The van der Waals surface area contributed by atoms with Crippen LogP contribution in [0.2, 0.25) is 5.02 Å². The highest BCUT2D eigenvalue weighted by molar-refractivity contribution is 6.36. The molecular weight excluding hydrogens is 320 g/mol. The Hall–Kier alpha value is -2.77. The van der Waals surface area contributed by atoms with Gasteiger partial charge in [0.15, 0.2) is 0 Å². The smallest absolute Gasteiger partial charge is 0.111 e. The number of hydrogen-bond donors (Lipinski definition) is 2. The summed E-state index contributed by atoms with van der Waals surface area (Å²) in [7, 11) is 0. The van der Waals surface area contributed by atoms with E-state index in [1.165, 1.54) is 16.7 Å². The molecule has 2 N–H and O–H groups in total. The van der Waals surface area contributed by atoms with E-state index >= 15 is 0 Å². The number of H-pyrrole nitrogens is 2. The maximum atomic E-state index is 9.02. The monoisotopic (exact) mass is 334 g/mol. The molecule has 2 aromatic heterocycles. The lowest BCUT2D eigenvalue weighted by molar-refractivity contribution is 1.03. The van der Waals surface area contributed by atoms with E-state index in [2.05, 4.69) is 40.9 Å². The van der Waals surface area contributed by atoms with Gasteiger partial charge in [0.25, 0.3) is 0 Å². The van der Waals surface area contributed by atoms with Crippen molar-refractivity contribution in [1.82, 2.24) is 15.0 Å². The Bertz CT molecular complexity index is 1130. The molecule has 0 aliphatic heterocycles. The highest BCUT2D eigenvalue weighted by Gasteiger charge is 2.15. The average Bonchev–Trinajstić information content (AvgIpc) is 3.14. The summed E-state index contributed by atoms with van der Waals surface area (Å²) < 4.78 is 0. The van der Waals surface area contributed by atoms with Crippen LogP contribution in [-0.4, -0.2) is 15.0 Å². The number of nitrogens with zero attached hydrogens (tertiary/aromatic N) is 2. The Morgan fingerprint density at radius 3 is 2.83 bits per heavy atom. The molecule has 0 spiro atoms. The zero-order chi connectivity index (χ0) is 16.8. The fourth-order valence-corrected chi connectivity index (χ4v) is 3.56. The summed E-state index contributed by atoms with van der Waals surface area (Å²) in [6.45, 7) is 4.18. The number of aryl methyl sites for hydroxylation is 2. The van der Waals surface area contributed by atoms with Gasteiger partial charge in [-0.3, -0.25) is 0 Å². The molecule has 4 nitrogen and oxygen atoms in total. The fourth-order valence-electron chi connectivity index (χ4n) is 3.30. The number of rotatable bonds is 2. The Labute approximate surface area is 144 Å². The predicted molar refractivity (Wildman–Crippen MR) is 96.4 cm³/mol. The van der Waals surface area contributed by atoms with Crippen LogP contribution in [0.15, 0.2) is 30.5 Å². The third kappa shape index (κ3) is 2.26. The van der Waals surface area contributed by atoms with Crippen LogP contribution in [0, 0.1) is 25.2 Å². The quantitative estimate of drug-likeness (QED) is 0.554. The number of hydrogen-bond acceptors (Lipinski definition) is 2. The first-order valence-electron chi connectivity index (χ1n) is 7.71. The van der Waals surface area contributed by atoms with Gasteiger partial charge in [-0.15, -0.1) is 0 Å². The minimum atomic E-state index is 0.625. The van der Waals surface area contributed by atoms with Crippen molar-refractivity contribution >= 4 is 33.5 Å². The molecule has 0 amide bonds. The first-order chi connectivity index (χ1) is 11.6. The first-order valence-corrected chi connectivity index (χ1v) is 8.09. The van der Waals surface area contributed by atoms with Crippen LogP contribution < -0.4 is 0 Å². The molecule has 0 aliphatic rings. The summed E-state index contributed by atoms with van der Waals surface area (Å²) in [6, 6.07) is 9.80. The van der Waals surface area contributed by atoms with Crippen molar-refractivity contribution in [3.63, 3.8) is 0 Å². The first kappa shape index (κ1) is 14.8. The van der Waals surface area contributed by atoms with Crippen molar-refractivity contribution in [2.45, 2.75) is 20.3 Å². The average molecular weight is 335 g/mol. The third-order valence-electron chi connectivity index (χ3n) is 4.44. The molecule has 0 bridgehead atoms. The van der Waals surface area contributed by atoms with Crippen LogP contribution >= 0.6 is 11.6 Å². The lowest BCUT2D eigenvalue weighted by Crippen LogP contribution is -1.96. The van der Waals surface area contributed by atoms with Gasteiger partial charge in [0.1, 0.15) is 5.82 Å². The molecule has 24 heavy (non-hydrogen) atoms. The molecule has 0 saturated heterocycles. The second-order valence-electron chi connectivity index (χ2n) is 6.08. The topological polar surface area (TPSA) is 68.3 Å². The number of fused-ring (bicyclic) bond motifs is 2. The molecule has 4 aromatic rings. The lowest BCUT2D eigenvalue weighted by Gasteiger charge is -2.09. The fraction of sp³-hybridized carbons (Fsp3) is 0.158. The summed E-state index contributed by atoms with van der Waals surface area (Å²) in [5.74, 6) is 0.866. The van der Waals surface area contributed by atoms with Gasteiger partial charge >= 0.3 is 0 Å². The van der Waals surface area contributed by atoms with Gasteiger partial charge in [-0.2, -0.15) is 5.26 Å². The van der Waals surface area contributed by atoms with Crippen molar-refractivity contribution in [2.24, 2.45) is 0 Å². The summed E-state index contributed by atoms with van der Waals surface area (Å²) >= 11 is 6.41. The second-order valence-corrected chi connectivity index (χ2v) is 6.49. The minimum Gasteiger partial charge on any atom is -0.360 e. The standard InChI is InChI=1S/C19H15ClN4/c1-10-5-11(2)19-18(14(20)9-22-19)13(10)7-17-23-15-4-3-12(8-21)6-16(15)24-17/h3-6,9,22H,7H2,1-2H3,(H,23,24). The van der Waals surface area contributed by atoms with Crippen LogP contribution in [-0.2, 0) is 6.42 Å². The van der Waals surface area contributed by atoms with Crippen LogP contribution in [0.5, 0.6) is 0 Å². The maximum Gasteiger partial charge on any atom is 0.111 e. The van der Waals surface area contributed by atoms with Gasteiger partial charge in [-0.1, -0.05) is 17.7 Å². The number of nitriles is 1. The second kappa shape index (κ2) is 5.40. The van der Waals surface area contributed by atoms with E-state index in [1.54, 1.807) is 6.07 Å². The zero-order valence-corrected chi connectivity index (χ0v) is 14.1. The lowest BCUT2D eigenvalue weighted by atomic mass is 9.98. The maximum absolute atomic E-state index is 9.02. The van der Waals surface area contributed by atoms with Crippen LogP contribution in [0.25, 0.3) is 21.9 Å².